The maximum absolute atomic E-state index is 5.59. The molecule has 0 amide bonds. The molecular formula is C11H15N3O. The van der Waals surface area contributed by atoms with Gasteiger partial charge in [-0.25, -0.2) is 0 Å². The van der Waals surface area contributed by atoms with E-state index in [2.05, 4.69) is 17.2 Å². The minimum Gasteiger partial charge on any atom is -0.424 e. The maximum Gasteiger partial charge on any atom is 0.295 e. The number of aromatic nitrogens is 1. The smallest absolute Gasteiger partial charge is 0.295 e. The first-order valence-electron chi connectivity index (χ1n) is 5.15. The first kappa shape index (κ1) is 9.98. The van der Waals surface area contributed by atoms with Crippen LogP contribution in [0.5, 0.6) is 0 Å². The Balaban J connectivity index is 2.21. The standard InChI is InChI=1S/C11H15N3O/c1-2-8(7-12)13-11-14-9-5-3-4-6-10(9)15-11/h3-6,8H,2,7,12H2,1H3,(H,13,14). The lowest BCUT2D eigenvalue weighted by Gasteiger charge is -2.11. The molecule has 1 atom stereocenters. The summed E-state index contributed by atoms with van der Waals surface area (Å²) in [5, 5.41) is 3.16. The predicted molar refractivity (Wildman–Crippen MR) is 60.8 cm³/mol. The van der Waals surface area contributed by atoms with E-state index in [1.807, 2.05) is 24.3 Å². The second kappa shape index (κ2) is 4.31. The van der Waals surface area contributed by atoms with Crippen molar-refractivity contribution in [3.63, 3.8) is 0 Å². The summed E-state index contributed by atoms with van der Waals surface area (Å²) >= 11 is 0. The Morgan fingerprint density at radius 3 is 2.93 bits per heavy atom. The first-order valence-corrected chi connectivity index (χ1v) is 5.15. The Bertz CT molecular complexity index is 401. The second-order valence-electron chi connectivity index (χ2n) is 3.47. The summed E-state index contributed by atoms with van der Waals surface area (Å²) in [6.07, 6.45) is 0.954. The highest BCUT2D eigenvalue weighted by Gasteiger charge is 2.08. The Hall–Kier alpha value is -1.55. The highest BCUT2D eigenvalue weighted by Crippen LogP contribution is 2.18. The van der Waals surface area contributed by atoms with Gasteiger partial charge in [0.05, 0.1) is 0 Å². The van der Waals surface area contributed by atoms with Crippen LogP contribution in [0.25, 0.3) is 11.1 Å². The van der Waals surface area contributed by atoms with E-state index in [4.69, 9.17) is 10.2 Å². The molecule has 1 aromatic carbocycles. The summed E-state index contributed by atoms with van der Waals surface area (Å²) in [5.41, 5.74) is 7.26. The molecule has 0 fully saturated rings. The third kappa shape index (κ3) is 2.10. The lowest BCUT2D eigenvalue weighted by Crippen LogP contribution is -2.27. The number of nitrogens with two attached hydrogens (primary N) is 1. The number of anilines is 1. The average Bonchev–Trinajstić information content (AvgIpc) is 2.68. The van der Waals surface area contributed by atoms with Crippen molar-refractivity contribution in [3.05, 3.63) is 24.3 Å². The molecule has 80 valence electrons. The van der Waals surface area contributed by atoms with E-state index in [9.17, 15) is 0 Å². The first-order chi connectivity index (χ1) is 7.33. The van der Waals surface area contributed by atoms with Crippen LogP contribution in [0.4, 0.5) is 6.01 Å². The summed E-state index contributed by atoms with van der Waals surface area (Å²) in [6, 6.07) is 8.46. The van der Waals surface area contributed by atoms with Gasteiger partial charge in [-0.1, -0.05) is 19.1 Å². The Labute approximate surface area is 88.5 Å². The Kier molecular flexibility index (Phi) is 2.87. The van der Waals surface area contributed by atoms with Gasteiger partial charge in [0, 0.05) is 12.6 Å². The van der Waals surface area contributed by atoms with Crippen LogP contribution < -0.4 is 11.1 Å². The van der Waals surface area contributed by atoms with Gasteiger partial charge in [0.1, 0.15) is 5.52 Å². The van der Waals surface area contributed by atoms with Gasteiger partial charge in [-0.3, -0.25) is 0 Å². The Morgan fingerprint density at radius 2 is 2.27 bits per heavy atom. The van der Waals surface area contributed by atoms with E-state index < -0.39 is 0 Å². The fourth-order valence-corrected chi connectivity index (χ4v) is 1.44. The van der Waals surface area contributed by atoms with Crippen LogP contribution in [0.2, 0.25) is 0 Å². The molecule has 3 N–H and O–H groups in total. The van der Waals surface area contributed by atoms with Crippen molar-refractivity contribution in [2.75, 3.05) is 11.9 Å². The maximum atomic E-state index is 5.59. The van der Waals surface area contributed by atoms with E-state index >= 15 is 0 Å². The molecule has 4 nitrogen and oxygen atoms in total. The largest absolute Gasteiger partial charge is 0.424 e. The van der Waals surface area contributed by atoms with Crippen LogP contribution >= 0.6 is 0 Å². The van der Waals surface area contributed by atoms with Crippen molar-refractivity contribution < 1.29 is 4.42 Å². The van der Waals surface area contributed by atoms with Crippen molar-refractivity contribution in [1.82, 2.24) is 4.98 Å². The highest BCUT2D eigenvalue weighted by atomic mass is 16.4. The van der Waals surface area contributed by atoms with E-state index in [-0.39, 0.29) is 6.04 Å². The molecule has 0 radical (unpaired) electrons. The summed E-state index contributed by atoms with van der Waals surface area (Å²) in [6.45, 7) is 2.66. The number of nitrogens with zero attached hydrogens (tertiary/aromatic N) is 1. The van der Waals surface area contributed by atoms with Crippen LogP contribution in [0, 0.1) is 0 Å². The molecule has 15 heavy (non-hydrogen) atoms. The Morgan fingerprint density at radius 1 is 1.47 bits per heavy atom. The number of benzene rings is 1. The topological polar surface area (TPSA) is 64.1 Å². The molecule has 1 aromatic heterocycles. The van der Waals surface area contributed by atoms with Gasteiger partial charge in [-0.05, 0) is 18.6 Å². The summed E-state index contributed by atoms with van der Waals surface area (Å²) in [7, 11) is 0. The number of rotatable bonds is 4. The number of fused-ring (bicyclic) bond motifs is 1. The zero-order chi connectivity index (χ0) is 10.7. The van der Waals surface area contributed by atoms with Crippen LogP contribution in [-0.2, 0) is 0 Å². The number of para-hydroxylation sites is 2. The quantitative estimate of drug-likeness (QED) is 0.801. The fourth-order valence-electron chi connectivity index (χ4n) is 1.44. The van der Waals surface area contributed by atoms with Gasteiger partial charge in [-0.2, -0.15) is 4.98 Å². The zero-order valence-corrected chi connectivity index (χ0v) is 8.73. The van der Waals surface area contributed by atoms with E-state index in [0.29, 0.717) is 12.6 Å². The minimum atomic E-state index is 0.220. The second-order valence-corrected chi connectivity index (χ2v) is 3.47. The van der Waals surface area contributed by atoms with Crippen molar-refractivity contribution in [1.29, 1.82) is 0 Å². The van der Waals surface area contributed by atoms with Gasteiger partial charge in [0.15, 0.2) is 5.58 Å². The fraction of sp³-hybridized carbons (Fsp3) is 0.364. The van der Waals surface area contributed by atoms with Gasteiger partial charge < -0.3 is 15.5 Å². The van der Waals surface area contributed by atoms with Crippen LogP contribution in [0.1, 0.15) is 13.3 Å². The van der Waals surface area contributed by atoms with Gasteiger partial charge in [-0.15, -0.1) is 0 Å². The zero-order valence-electron chi connectivity index (χ0n) is 8.73. The van der Waals surface area contributed by atoms with Crippen molar-refractivity contribution >= 4 is 17.1 Å². The molecule has 0 aliphatic heterocycles. The molecule has 0 saturated carbocycles. The van der Waals surface area contributed by atoms with Crippen LogP contribution in [-0.4, -0.2) is 17.6 Å². The molecule has 1 heterocycles. The summed E-state index contributed by atoms with van der Waals surface area (Å²) in [4.78, 5) is 4.32. The van der Waals surface area contributed by atoms with Gasteiger partial charge in [0.25, 0.3) is 6.01 Å². The third-order valence-corrected chi connectivity index (χ3v) is 2.40. The van der Waals surface area contributed by atoms with Crippen molar-refractivity contribution in [2.24, 2.45) is 5.73 Å². The lowest BCUT2D eigenvalue weighted by molar-refractivity contribution is 0.587. The number of hydrogen-bond acceptors (Lipinski definition) is 4. The van der Waals surface area contributed by atoms with Gasteiger partial charge >= 0.3 is 0 Å². The van der Waals surface area contributed by atoms with Crippen molar-refractivity contribution in [3.8, 4) is 0 Å². The minimum absolute atomic E-state index is 0.220. The number of hydrogen-bond donors (Lipinski definition) is 2. The monoisotopic (exact) mass is 205 g/mol. The molecule has 0 bridgehead atoms. The van der Waals surface area contributed by atoms with Gasteiger partial charge in [0.2, 0.25) is 0 Å². The average molecular weight is 205 g/mol. The SMILES string of the molecule is CCC(CN)Nc1nc2ccccc2o1. The van der Waals surface area contributed by atoms with E-state index in [0.717, 1.165) is 17.5 Å². The molecular weight excluding hydrogens is 190 g/mol. The van der Waals surface area contributed by atoms with E-state index in [1.54, 1.807) is 0 Å². The molecule has 0 aliphatic carbocycles. The molecule has 0 saturated heterocycles. The van der Waals surface area contributed by atoms with Crippen LogP contribution in [0.3, 0.4) is 0 Å². The number of nitrogens with one attached hydrogen (secondary N) is 1. The lowest BCUT2D eigenvalue weighted by atomic mass is 10.2. The predicted octanol–water partition coefficient (Wildman–Crippen LogP) is 1.98. The number of oxazole rings is 1. The summed E-state index contributed by atoms with van der Waals surface area (Å²) in [5.74, 6) is 0. The molecule has 0 spiro atoms. The van der Waals surface area contributed by atoms with Crippen molar-refractivity contribution in [2.45, 2.75) is 19.4 Å². The molecule has 0 aliphatic rings. The molecule has 4 heteroatoms. The highest BCUT2D eigenvalue weighted by molar-refractivity contribution is 5.74. The van der Waals surface area contributed by atoms with E-state index in [1.165, 1.54) is 0 Å². The molecule has 2 rings (SSSR count). The molecule has 2 aromatic rings. The molecule has 1 unspecified atom stereocenters. The normalized spacial score (nSPS) is 12.9. The summed E-state index contributed by atoms with van der Waals surface area (Å²) < 4.78 is 5.52. The third-order valence-electron chi connectivity index (χ3n) is 2.40. The van der Waals surface area contributed by atoms with Crippen LogP contribution in [0.15, 0.2) is 28.7 Å².